The van der Waals surface area contributed by atoms with E-state index in [0.717, 1.165) is 48.8 Å². The van der Waals surface area contributed by atoms with Gasteiger partial charge in [0.05, 0.1) is 20.8 Å². The number of benzene rings is 1. The Bertz CT molecular complexity index is 740. The highest BCUT2D eigenvalue weighted by molar-refractivity contribution is 5.77. The minimum Gasteiger partial charge on any atom is -0.493 e. The maximum absolute atomic E-state index is 13.0. The molecule has 4 aliphatic carbocycles. The van der Waals surface area contributed by atoms with Crippen LogP contribution in [0.4, 0.5) is 0 Å². The molecule has 5 heteroatoms. The molecule has 5 nitrogen and oxygen atoms in total. The molecule has 0 radical (unpaired) electrons. The smallest absolute Gasteiger partial charge is 0.275 e. The molecular weight excluding hydrogens is 352 g/mol. The zero-order valence-corrected chi connectivity index (χ0v) is 17.2. The van der Waals surface area contributed by atoms with E-state index in [1.807, 2.05) is 0 Å². The van der Waals surface area contributed by atoms with Gasteiger partial charge in [0.25, 0.3) is 5.91 Å². The summed E-state index contributed by atoms with van der Waals surface area (Å²) >= 11 is 0. The monoisotopic (exact) mass is 385 g/mol. The zero-order chi connectivity index (χ0) is 19.3. The zero-order valence-electron chi connectivity index (χ0n) is 17.2. The molecule has 4 fully saturated rings. The second kappa shape index (κ2) is 6.94. The van der Waals surface area contributed by atoms with Gasteiger partial charge in [-0.2, -0.15) is 0 Å². The van der Waals surface area contributed by atoms with Crippen LogP contribution in [-0.2, 0) is 17.8 Å². The topological polar surface area (TPSA) is 52.0 Å². The molecule has 1 amide bonds. The Hall–Kier alpha value is -1.75. The Morgan fingerprint density at radius 2 is 1.61 bits per heavy atom. The molecule has 1 aromatic carbocycles. The number of hydrogen-bond acceptors (Lipinski definition) is 3. The number of hydrogen-bond donors (Lipinski definition) is 2. The average molecular weight is 386 g/mol. The number of rotatable bonds is 5. The minimum absolute atomic E-state index is 0.121. The van der Waals surface area contributed by atoms with Gasteiger partial charge in [-0.15, -0.1) is 0 Å². The first-order chi connectivity index (χ1) is 13.6. The van der Waals surface area contributed by atoms with Gasteiger partial charge in [-0.3, -0.25) is 4.79 Å². The van der Waals surface area contributed by atoms with E-state index in [4.69, 9.17) is 9.47 Å². The first-order valence-electron chi connectivity index (χ1n) is 10.9. The minimum atomic E-state index is 0.121. The van der Waals surface area contributed by atoms with E-state index < -0.39 is 0 Å². The fraction of sp³-hybridized carbons (Fsp3) is 0.696. The van der Waals surface area contributed by atoms with E-state index in [1.54, 1.807) is 14.2 Å². The van der Waals surface area contributed by atoms with Crippen LogP contribution in [-0.4, -0.2) is 38.8 Å². The highest BCUT2D eigenvalue weighted by atomic mass is 16.5. The quantitative estimate of drug-likeness (QED) is 0.812. The fourth-order valence-corrected chi connectivity index (χ4v) is 7.01. The lowest BCUT2D eigenvalue weighted by molar-refractivity contribution is -0.908. The predicted molar refractivity (Wildman–Crippen MR) is 107 cm³/mol. The van der Waals surface area contributed by atoms with Crippen LogP contribution in [0.15, 0.2) is 12.1 Å². The maximum Gasteiger partial charge on any atom is 0.275 e. The van der Waals surface area contributed by atoms with Crippen LogP contribution in [0, 0.1) is 17.8 Å². The van der Waals surface area contributed by atoms with Gasteiger partial charge in [0.15, 0.2) is 18.0 Å². The van der Waals surface area contributed by atoms with E-state index in [0.29, 0.717) is 6.54 Å². The number of carbonyl (C=O) groups is 1. The van der Waals surface area contributed by atoms with Gasteiger partial charge < -0.3 is 19.7 Å². The van der Waals surface area contributed by atoms with Crippen molar-refractivity contribution in [2.75, 3.05) is 27.3 Å². The van der Waals surface area contributed by atoms with Crippen LogP contribution in [0.2, 0.25) is 0 Å². The summed E-state index contributed by atoms with van der Waals surface area (Å²) in [5, 5.41) is 3.53. The van der Waals surface area contributed by atoms with Crippen molar-refractivity contribution < 1.29 is 19.2 Å². The van der Waals surface area contributed by atoms with Gasteiger partial charge in [0.2, 0.25) is 0 Å². The van der Waals surface area contributed by atoms with Crippen molar-refractivity contribution in [3.63, 3.8) is 0 Å². The number of ether oxygens (including phenoxy) is 2. The van der Waals surface area contributed by atoms with Crippen LogP contribution in [0.3, 0.4) is 0 Å². The van der Waals surface area contributed by atoms with Crippen molar-refractivity contribution in [2.45, 2.75) is 57.0 Å². The van der Waals surface area contributed by atoms with Crippen molar-refractivity contribution in [2.24, 2.45) is 17.8 Å². The Morgan fingerprint density at radius 3 is 2.18 bits per heavy atom. The molecule has 1 atom stereocenters. The molecule has 1 aromatic rings. The molecule has 4 bridgehead atoms. The van der Waals surface area contributed by atoms with E-state index in [2.05, 4.69) is 17.4 Å². The van der Waals surface area contributed by atoms with Gasteiger partial charge in [0, 0.05) is 17.5 Å². The molecule has 0 saturated heterocycles. The van der Waals surface area contributed by atoms with Crippen molar-refractivity contribution in [1.29, 1.82) is 0 Å². The summed E-state index contributed by atoms with van der Waals surface area (Å²) < 4.78 is 10.9. The van der Waals surface area contributed by atoms with Crippen LogP contribution in [0.5, 0.6) is 11.5 Å². The lowest BCUT2D eigenvalue weighted by Gasteiger charge is -2.56. The van der Waals surface area contributed by atoms with Crippen molar-refractivity contribution in [3.05, 3.63) is 23.3 Å². The first-order valence-corrected chi connectivity index (χ1v) is 10.9. The lowest BCUT2D eigenvalue weighted by Crippen LogP contribution is -3.13. The molecule has 4 saturated carbocycles. The first kappa shape index (κ1) is 18.3. The Kier molecular flexibility index (Phi) is 4.53. The fourth-order valence-electron chi connectivity index (χ4n) is 7.01. The highest BCUT2D eigenvalue weighted by Gasteiger charge is 2.51. The summed E-state index contributed by atoms with van der Waals surface area (Å²) in [5.74, 6) is 4.42. The third kappa shape index (κ3) is 3.28. The van der Waals surface area contributed by atoms with Gasteiger partial charge in [0.1, 0.15) is 6.54 Å². The molecule has 6 rings (SSSR count). The van der Waals surface area contributed by atoms with Gasteiger partial charge in [-0.25, -0.2) is 0 Å². The number of quaternary nitrogens is 1. The lowest BCUT2D eigenvalue weighted by atomic mass is 9.53. The largest absolute Gasteiger partial charge is 0.493 e. The molecule has 5 aliphatic rings. The molecule has 1 unspecified atom stereocenters. The molecule has 1 aliphatic heterocycles. The van der Waals surface area contributed by atoms with Crippen LogP contribution in [0.25, 0.3) is 0 Å². The Labute approximate surface area is 167 Å². The van der Waals surface area contributed by atoms with Gasteiger partial charge in [-0.05, 0) is 74.0 Å². The average Bonchev–Trinajstić information content (AvgIpc) is 2.65. The third-order valence-corrected chi connectivity index (χ3v) is 7.75. The summed E-state index contributed by atoms with van der Waals surface area (Å²) in [6.45, 7) is 2.45. The third-order valence-electron chi connectivity index (χ3n) is 7.75. The summed E-state index contributed by atoms with van der Waals surface area (Å²) in [4.78, 5) is 14.3. The molecular formula is C23H33N2O3+. The number of methoxy groups -OCH3 is 2. The molecule has 28 heavy (non-hydrogen) atoms. The van der Waals surface area contributed by atoms with E-state index in [-0.39, 0.29) is 11.4 Å². The molecule has 0 aromatic heterocycles. The maximum atomic E-state index is 13.0. The summed E-state index contributed by atoms with van der Waals surface area (Å²) in [7, 11) is 3.36. The Morgan fingerprint density at radius 1 is 1.04 bits per heavy atom. The molecule has 152 valence electrons. The van der Waals surface area contributed by atoms with Crippen LogP contribution < -0.4 is 19.7 Å². The second-order valence-corrected chi connectivity index (χ2v) is 9.83. The molecule has 0 spiro atoms. The van der Waals surface area contributed by atoms with Crippen LogP contribution in [0.1, 0.15) is 49.7 Å². The highest BCUT2D eigenvalue weighted by Crippen LogP contribution is 2.55. The summed E-state index contributed by atoms with van der Waals surface area (Å²) in [6, 6.07) is 4.19. The van der Waals surface area contributed by atoms with Crippen molar-refractivity contribution in [3.8, 4) is 11.5 Å². The van der Waals surface area contributed by atoms with E-state index in [9.17, 15) is 4.79 Å². The molecule has 1 heterocycles. The number of carbonyl (C=O) groups excluding carboxylic acids is 1. The van der Waals surface area contributed by atoms with Crippen molar-refractivity contribution in [1.82, 2.24) is 5.32 Å². The van der Waals surface area contributed by atoms with E-state index in [1.165, 1.54) is 54.6 Å². The van der Waals surface area contributed by atoms with Crippen LogP contribution >= 0.6 is 0 Å². The Balaban J connectivity index is 1.23. The standard InChI is InChI=1S/C23H32N2O3/c1-27-20-8-18-3-4-25(13-19(18)9-21(20)28-2)14-22(26)24-23-10-15-5-16(11-23)7-17(6-15)12-23/h8-9,15-17H,3-7,10-14H2,1-2H3,(H,24,26)/p+1. The number of nitrogens with one attached hydrogen (secondary N) is 2. The van der Waals surface area contributed by atoms with E-state index >= 15 is 0 Å². The number of amides is 1. The summed E-state index contributed by atoms with van der Waals surface area (Å²) in [6.07, 6.45) is 8.88. The summed E-state index contributed by atoms with van der Waals surface area (Å²) in [5.41, 5.74) is 2.72. The SMILES string of the molecule is COc1cc2c(cc1OC)C[NH+](CC(=O)NC13CC4CC(CC(C4)C1)C3)CC2. The van der Waals surface area contributed by atoms with Gasteiger partial charge >= 0.3 is 0 Å². The number of fused-ring (bicyclic) bond motifs is 1. The second-order valence-electron chi connectivity index (χ2n) is 9.83. The predicted octanol–water partition coefficient (Wildman–Crippen LogP) is 1.73. The van der Waals surface area contributed by atoms with Gasteiger partial charge in [-0.1, -0.05) is 0 Å². The normalized spacial score (nSPS) is 35.4. The van der Waals surface area contributed by atoms with Crippen molar-refractivity contribution >= 4 is 5.91 Å². The molecule has 2 N–H and O–H groups in total.